The molecule has 0 aliphatic carbocycles. The van der Waals surface area contributed by atoms with Gasteiger partial charge < -0.3 is 58.8 Å². The fourth-order valence-corrected chi connectivity index (χ4v) is 9.46. The zero-order valence-corrected chi connectivity index (χ0v) is 61.0. The van der Waals surface area contributed by atoms with Gasteiger partial charge in [-0.1, -0.05) is 46.9 Å². The lowest BCUT2D eigenvalue weighted by molar-refractivity contribution is -0.193. The summed E-state index contributed by atoms with van der Waals surface area (Å²) in [6, 6.07) is 12.5. The minimum Gasteiger partial charge on any atom is -0.778 e. The molecule has 5 heterocycles. The lowest BCUT2D eigenvalue weighted by Crippen LogP contribution is -2.47. The van der Waals surface area contributed by atoms with Gasteiger partial charge in [-0.15, -0.1) is 16.7 Å². The van der Waals surface area contributed by atoms with Crippen LogP contribution in [-0.4, -0.2) is 199 Å². The van der Waals surface area contributed by atoms with Gasteiger partial charge in [0.1, 0.15) is 36.8 Å². The number of anilines is 4. The normalized spacial score (nSPS) is 13.0. The maximum atomic E-state index is 14.2. The Morgan fingerprint density at radius 1 is 0.918 bits per heavy atom. The number of aliphatic carboxylic acids is 1. The molecule has 1 aliphatic rings. The standard InChI is InChI=1S/C15H14Cl2F3N3O3.C15H18N6O6S.C11H11Cl2NO2.C8H14ClN5.C3H8NO5P.C3H9S/c1-3-26-13(24)10(17)4-8-5-12(11(18)6-9(8)16)23-15(25)22(14(19)20)7(2)21-23;1-21(2)13(22)9-6-5-7-16-12(9)28(24,25)20-15(23)19-14-17-10(26-3)8-11(18-14)27-4;1-7-6-16-9-5-3-2-4-8(9)14(7)11(15)10(12)13;1-4-10-7-12-6(9)13-8(14-7)11-5(2)3;5-3(6)1-4-2-10(7,8)9;1-4(2)3/h5-6,10,14H,3-4H2,1-2H3;5-8H,1-4H3,(H2,17,18,19,20,23);2-5,7,10H,6H2,1H3;5H,4H2,1-3H3,(H2,10,11,12,13,14);4H,1-2H2,(H,5,6)(H2,7,8,9);1-3H3/q;;;;;+1/p-1. The Bertz CT molecular complexity index is 3850. The average Bonchev–Trinajstić information content (AvgIpc) is 1.44. The minimum atomic E-state index is -4.46. The number of sulfonamides is 1. The molecule has 7 rings (SSSR count). The number of ether oxygens (including phenoxy) is 4. The number of carbonyl (C=O) groups is 5. The monoisotopic (exact) mass is 1540 g/mol. The first kappa shape index (κ1) is 86.5. The van der Waals surface area contributed by atoms with E-state index in [0.29, 0.717) is 39.8 Å². The number of hydrogen-bond donors (Lipinski definition) is 7. The molecule has 32 nitrogen and oxygen atoms in total. The maximum absolute atomic E-state index is 14.2. The molecule has 6 aromatic rings. The number of benzene rings is 2. The highest BCUT2D eigenvalue weighted by Crippen LogP contribution is 2.35. The number of carboxylic acids is 1. The van der Waals surface area contributed by atoms with Gasteiger partial charge in [0.05, 0.1) is 75.8 Å². The number of fused-ring (bicyclic) bond motifs is 1. The largest absolute Gasteiger partial charge is 0.778 e. The number of methoxy groups -OCH3 is 2. The molecule has 0 saturated heterocycles. The van der Waals surface area contributed by atoms with E-state index >= 15 is 0 Å². The van der Waals surface area contributed by atoms with Crippen molar-refractivity contribution in [3.63, 3.8) is 0 Å². The Kier molecular flexibility index (Phi) is 36.8. The summed E-state index contributed by atoms with van der Waals surface area (Å²) < 4.78 is 97.7. The SMILES string of the molecule is CC1COc2ccccc2N1C(=O)C(Cl)Cl.CCNc1nc(Cl)nc(NC(C)C)n1.CCOC(=O)C(Cl)Cc1cc(-n2nc(C)n(C(F)F)c2=O)c(F)cc1Cl.COc1cc(OC)nc(NC(=O)NS(=O)(=O)c2ncccc2C(=O)N(C)C)n1.C[S+](C)C.O=C(O)CNCP(=O)([O-])O. The summed E-state index contributed by atoms with van der Waals surface area (Å²) in [6.45, 7) is 8.39. The van der Waals surface area contributed by atoms with Crippen molar-refractivity contribution in [2.24, 2.45) is 0 Å². The number of carbonyl (C=O) groups excluding carboxylic acids is 4. The molecular formula is C55H73Cl5F3N16O16PS2. The first-order valence-corrected chi connectivity index (χ1v) is 35.9. The third-order valence-electron chi connectivity index (χ3n) is 11.1. The molecule has 3 atom stereocenters. The van der Waals surface area contributed by atoms with Crippen LogP contribution in [0, 0.1) is 12.7 Å². The van der Waals surface area contributed by atoms with Gasteiger partial charge in [-0.2, -0.15) is 46.8 Å². The number of hydrogen-bond acceptors (Lipinski definition) is 24. The van der Waals surface area contributed by atoms with Crippen molar-refractivity contribution in [2.75, 3.05) is 101 Å². The lowest BCUT2D eigenvalue weighted by atomic mass is 10.1. The van der Waals surface area contributed by atoms with Crippen LogP contribution in [0.3, 0.4) is 0 Å². The molecule has 0 fully saturated rings. The summed E-state index contributed by atoms with van der Waals surface area (Å²) in [6.07, 6.45) is 6.95. The van der Waals surface area contributed by atoms with Gasteiger partial charge in [-0.05, 0) is 106 Å². The summed E-state index contributed by atoms with van der Waals surface area (Å²) in [5.41, 5.74) is -0.834. The molecule has 7 N–H and O–H groups in total. The van der Waals surface area contributed by atoms with Crippen LogP contribution in [0.4, 0.5) is 41.5 Å². The van der Waals surface area contributed by atoms with Crippen molar-refractivity contribution in [1.29, 1.82) is 0 Å². The fourth-order valence-electron chi connectivity index (χ4n) is 7.20. The molecule has 1 aliphatic heterocycles. The van der Waals surface area contributed by atoms with Gasteiger partial charge in [-0.3, -0.25) is 29.8 Å². The Labute approximate surface area is 589 Å². The second-order valence-corrected chi connectivity index (χ2v) is 28.2. The summed E-state index contributed by atoms with van der Waals surface area (Å²) in [7, 11) is -2.56. The molecule has 2 aromatic carbocycles. The van der Waals surface area contributed by atoms with E-state index in [0.717, 1.165) is 24.4 Å². The number of urea groups is 1. The number of pyridine rings is 1. The predicted molar refractivity (Wildman–Crippen MR) is 363 cm³/mol. The highest BCUT2D eigenvalue weighted by molar-refractivity contribution is 7.94. The van der Waals surface area contributed by atoms with E-state index in [2.05, 4.69) is 69.7 Å². The second-order valence-electron chi connectivity index (χ2n) is 20.2. The molecule has 4 amide bonds. The summed E-state index contributed by atoms with van der Waals surface area (Å²) in [5.74, 6) is -2.39. The van der Waals surface area contributed by atoms with Gasteiger partial charge >= 0.3 is 30.2 Å². The molecule has 0 radical (unpaired) electrons. The number of halogens is 8. The van der Waals surface area contributed by atoms with Crippen LogP contribution in [0.5, 0.6) is 17.5 Å². The van der Waals surface area contributed by atoms with E-state index < -0.39 is 87.6 Å². The van der Waals surface area contributed by atoms with Crippen LogP contribution >= 0.6 is 65.6 Å². The molecule has 0 bridgehead atoms. The van der Waals surface area contributed by atoms with Gasteiger partial charge in [0.15, 0.2) is 15.7 Å². The first-order chi connectivity index (χ1) is 45.7. The highest BCUT2D eigenvalue weighted by atomic mass is 35.5. The number of para-hydroxylation sites is 2. The van der Waals surface area contributed by atoms with E-state index in [1.165, 1.54) is 64.5 Å². The van der Waals surface area contributed by atoms with Crippen LogP contribution in [0.2, 0.25) is 10.3 Å². The summed E-state index contributed by atoms with van der Waals surface area (Å²) >= 11 is 28.9. The Morgan fingerprint density at radius 2 is 1.52 bits per heavy atom. The zero-order chi connectivity index (χ0) is 74.5. The van der Waals surface area contributed by atoms with Crippen LogP contribution in [0.15, 0.2) is 70.6 Å². The number of alkyl halides is 5. The third-order valence-corrected chi connectivity index (χ3v) is 14.2. The number of carboxylic acid groups (broad SMARTS) is 1. The van der Waals surface area contributed by atoms with E-state index in [-0.39, 0.29) is 86.2 Å². The number of aryl methyl sites for hydroxylation is 1. The highest BCUT2D eigenvalue weighted by Gasteiger charge is 2.33. The molecule has 0 saturated carbocycles. The summed E-state index contributed by atoms with van der Waals surface area (Å²) in [5, 5.41) is 20.3. The van der Waals surface area contributed by atoms with E-state index in [1.807, 2.05) is 57.3 Å². The van der Waals surface area contributed by atoms with Gasteiger partial charge in [0.2, 0.25) is 34.9 Å². The fraction of sp³-hybridized carbons (Fsp3) is 0.436. The molecule has 3 unspecified atom stereocenters. The number of nitrogens with one attached hydrogen (secondary N) is 5. The lowest BCUT2D eigenvalue weighted by Gasteiger charge is -2.35. The van der Waals surface area contributed by atoms with Crippen LogP contribution < -0.4 is 55.7 Å². The Hall–Kier alpha value is -7.58. The molecule has 4 aromatic heterocycles. The van der Waals surface area contributed by atoms with Crippen molar-refractivity contribution >= 4 is 140 Å². The predicted octanol–water partition coefficient (Wildman–Crippen LogP) is 6.38. The quantitative estimate of drug-likeness (QED) is 0.0178. The molecule has 542 valence electrons. The zero-order valence-electron chi connectivity index (χ0n) is 54.7. The molecule has 43 heteroatoms. The van der Waals surface area contributed by atoms with Crippen LogP contribution in [-0.2, 0) is 51.0 Å². The Balaban J connectivity index is 0.000000428. The molecule has 98 heavy (non-hydrogen) atoms. The van der Waals surface area contributed by atoms with Crippen molar-refractivity contribution in [3.8, 4) is 23.2 Å². The van der Waals surface area contributed by atoms with Crippen molar-refractivity contribution in [1.82, 2.24) is 59.2 Å². The van der Waals surface area contributed by atoms with Gasteiger partial charge in [-0.25, -0.2) is 28.3 Å². The first-order valence-electron chi connectivity index (χ1n) is 28.1. The van der Waals surface area contributed by atoms with Crippen molar-refractivity contribution in [3.05, 3.63) is 104 Å². The molecular weight excluding hydrogens is 1470 g/mol. The minimum absolute atomic E-state index is 0.0424. The van der Waals surface area contributed by atoms with E-state index in [9.17, 15) is 59.8 Å². The van der Waals surface area contributed by atoms with E-state index in [4.69, 9.17) is 87.0 Å². The number of aromatic nitrogens is 9. The maximum Gasteiger partial charge on any atom is 0.355 e. The average molecular weight is 1540 g/mol. The summed E-state index contributed by atoms with van der Waals surface area (Å²) in [4.78, 5) is 113. The smallest absolute Gasteiger partial charge is 0.355 e. The third kappa shape index (κ3) is 29.5. The van der Waals surface area contributed by atoms with Gasteiger partial charge in [0, 0.05) is 44.3 Å². The topological polar surface area (TPSA) is 421 Å². The number of nitrogens with zero attached hydrogens (tertiary/aromatic N) is 11. The molecule has 0 spiro atoms. The number of amides is 4. The van der Waals surface area contributed by atoms with Crippen molar-refractivity contribution in [2.45, 2.75) is 81.8 Å². The van der Waals surface area contributed by atoms with Crippen molar-refractivity contribution < 1.29 is 84.0 Å². The Morgan fingerprint density at radius 3 is 2.04 bits per heavy atom. The second kappa shape index (κ2) is 41.7. The van der Waals surface area contributed by atoms with Gasteiger partial charge in [0.25, 0.3) is 21.8 Å². The number of esters is 1. The number of rotatable bonds is 21. The van der Waals surface area contributed by atoms with Crippen LogP contribution in [0.25, 0.3) is 5.69 Å². The van der Waals surface area contributed by atoms with E-state index in [1.54, 1.807) is 16.5 Å². The van der Waals surface area contributed by atoms with Crippen LogP contribution in [0.1, 0.15) is 62.9 Å².